The van der Waals surface area contributed by atoms with Gasteiger partial charge in [0.1, 0.15) is 10.2 Å². The van der Waals surface area contributed by atoms with Crippen LogP contribution in [0.4, 0.5) is 11.5 Å². The summed E-state index contributed by atoms with van der Waals surface area (Å²) >= 11 is 3.35. The molecule has 0 unspecified atom stereocenters. The number of aryl methyl sites for hydroxylation is 2. The third-order valence-corrected chi connectivity index (χ3v) is 4.78. The number of nitrogens with one attached hydrogen (secondary N) is 1. The summed E-state index contributed by atoms with van der Waals surface area (Å²) in [7, 11) is 1.61. The standard InChI is InChI=1S/C15H19BrN6O3/c1-10-7-12(19-25-10)18-13(23)9-21-3-5-22(6-4-21)11-8-17-20(2)15(24)14(11)16/h7-8H,3-6,9H2,1-2H3,(H,18,19,23). The second kappa shape index (κ2) is 7.36. The van der Waals surface area contributed by atoms with Crippen molar-refractivity contribution >= 4 is 33.3 Å². The first kappa shape index (κ1) is 17.6. The molecule has 0 spiro atoms. The van der Waals surface area contributed by atoms with Crippen molar-refractivity contribution in [2.75, 3.05) is 42.9 Å². The van der Waals surface area contributed by atoms with Crippen molar-refractivity contribution in [1.82, 2.24) is 19.8 Å². The molecule has 0 saturated carbocycles. The van der Waals surface area contributed by atoms with Gasteiger partial charge >= 0.3 is 0 Å². The van der Waals surface area contributed by atoms with E-state index >= 15 is 0 Å². The van der Waals surface area contributed by atoms with Gasteiger partial charge in [0.25, 0.3) is 5.56 Å². The summed E-state index contributed by atoms with van der Waals surface area (Å²) in [6.07, 6.45) is 1.68. The fourth-order valence-corrected chi connectivity index (χ4v) is 3.29. The van der Waals surface area contributed by atoms with Crippen LogP contribution < -0.4 is 15.8 Å². The molecular weight excluding hydrogens is 392 g/mol. The number of hydrogen-bond acceptors (Lipinski definition) is 7. The van der Waals surface area contributed by atoms with E-state index < -0.39 is 0 Å². The lowest BCUT2D eigenvalue weighted by atomic mass is 10.3. The minimum Gasteiger partial charge on any atom is -0.367 e. The Kier molecular flexibility index (Phi) is 5.19. The average molecular weight is 411 g/mol. The number of amides is 1. The summed E-state index contributed by atoms with van der Waals surface area (Å²) in [5.41, 5.74) is 0.618. The maximum Gasteiger partial charge on any atom is 0.282 e. The molecule has 0 radical (unpaired) electrons. The molecule has 1 aliphatic heterocycles. The van der Waals surface area contributed by atoms with Crippen molar-refractivity contribution < 1.29 is 9.32 Å². The minimum atomic E-state index is -0.165. The summed E-state index contributed by atoms with van der Waals surface area (Å²) in [6, 6.07) is 1.68. The van der Waals surface area contributed by atoms with E-state index in [4.69, 9.17) is 4.52 Å². The first-order valence-electron chi connectivity index (χ1n) is 7.86. The van der Waals surface area contributed by atoms with E-state index in [1.807, 2.05) is 0 Å². The molecule has 1 saturated heterocycles. The lowest BCUT2D eigenvalue weighted by molar-refractivity contribution is -0.117. The van der Waals surface area contributed by atoms with Crippen LogP contribution in [0.3, 0.4) is 0 Å². The van der Waals surface area contributed by atoms with E-state index in [0.29, 0.717) is 42.2 Å². The Morgan fingerprint density at radius 1 is 1.36 bits per heavy atom. The third kappa shape index (κ3) is 4.07. The lowest BCUT2D eigenvalue weighted by Gasteiger charge is -2.35. The molecule has 25 heavy (non-hydrogen) atoms. The predicted molar refractivity (Wildman–Crippen MR) is 95.7 cm³/mol. The number of carbonyl (C=O) groups excluding carboxylic acids is 1. The van der Waals surface area contributed by atoms with Crippen molar-refractivity contribution in [1.29, 1.82) is 0 Å². The van der Waals surface area contributed by atoms with Crippen molar-refractivity contribution in [2.24, 2.45) is 7.05 Å². The molecule has 1 fully saturated rings. The highest BCUT2D eigenvalue weighted by molar-refractivity contribution is 9.10. The maximum atomic E-state index is 12.1. The molecule has 10 heteroatoms. The summed E-state index contributed by atoms with van der Waals surface area (Å²) in [6.45, 7) is 4.91. The van der Waals surface area contributed by atoms with Crippen LogP contribution in [0.25, 0.3) is 0 Å². The highest BCUT2D eigenvalue weighted by Crippen LogP contribution is 2.22. The molecule has 2 aromatic rings. The zero-order valence-electron chi connectivity index (χ0n) is 14.0. The summed E-state index contributed by atoms with van der Waals surface area (Å²) in [4.78, 5) is 28.2. The molecule has 3 heterocycles. The maximum absolute atomic E-state index is 12.1. The van der Waals surface area contributed by atoms with Gasteiger partial charge in [0.2, 0.25) is 5.91 Å². The van der Waals surface area contributed by atoms with Crippen LogP contribution in [0.1, 0.15) is 5.76 Å². The van der Waals surface area contributed by atoms with Gasteiger partial charge in [-0.2, -0.15) is 5.10 Å². The Morgan fingerprint density at radius 3 is 2.72 bits per heavy atom. The van der Waals surface area contributed by atoms with Crippen LogP contribution in [0, 0.1) is 6.92 Å². The monoisotopic (exact) mass is 410 g/mol. The van der Waals surface area contributed by atoms with Gasteiger partial charge < -0.3 is 14.7 Å². The van der Waals surface area contributed by atoms with Crippen LogP contribution in [0.15, 0.2) is 26.1 Å². The predicted octanol–water partition coefficient (Wildman–Crippen LogP) is 0.600. The lowest BCUT2D eigenvalue weighted by Crippen LogP contribution is -2.49. The van der Waals surface area contributed by atoms with Gasteiger partial charge in [-0.1, -0.05) is 5.16 Å². The highest BCUT2D eigenvalue weighted by atomic mass is 79.9. The van der Waals surface area contributed by atoms with Crippen LogP contribution >= 0.6 is 15.9 Å². The molecular formula is C15H19BrN6O3. The first-order chi connectivity index (χ1) is 11.9. The van der Waals surface area contributed by atoms with Gasteiger partial charge in [-0.3, -0.25) is 14.5 Å². The quantitative estimate of drug-likeness (QED) is 0.787. The van der Waals surface area contributed by atoms with Crippen LogP contribution in [0.5, 0.6) is 0 Å². The number of anilines is 2. The van der Waals surface area contributed by atoms with Crippen molar-refractivity contribution in [3.05, 3.63) is 32.8 Å². The summed E-state index contributed by atoms with van der Waals surface area (Å²) in [5.74, 6) is 0.951. The molecule has 9 nitrogen and oxygen atoms in total. The number of carbonyl (C=O) groups is 1. The molecule has 2 aromatic heterocycles. The molecule has 134 valence electrons. The van der Waals surface area contributed by atoms with Gasteiger partial charge in [0.15, 0.2) is 5.82 Å². The number of hydrogen-bond donors (Lipinski definition) is 1. The van der Waals surface area contributed by atoms with Gasteiger partial charge in [-0.25, -0.2) is 4.68 Å². The zero-order valence-corrected chi connectivity index (χ0v) is 15.6. The second-order valence-electron chi connectivity index (χ2n) is 5.91. The number of rotatable bonds is 4. The Labute approximate surface area is 152 Å². The number of halogens is 1. The van der Waals surface area contributed by atoms with Gasteiger partial charge in [0.05, 0.1) is 18.4 Å². The van der Waals surface area contributed by atoms with Gasteiger partial charge in [-0.05, 0) is 22.9 Å². The smallest absolute Gasteiger partial charge is 0.282 e. The average Bonchev–Trinajstić information content (AvgIpc) is 2.98. The van der Waals surface area contributed by atoms with E-state index in [1.54, 1.807) is 26.2 Å². The van der Waals surface area contributed by atoms with E-state index in [9.17, 15) is 9.59 Å². The number of piperazine rings is 1. The first-order valence-corrected chi connectivity index (χ1v) is 8.65. The van der Waals surface area contributed by atoms with E-state index in [2.05, 4.69) is 41.3 Å². The normalized spacial score (nSPS) is 15.4. The van der Waals surface area contributed by atoms with Gasteiger partial charge in [-0.15, -0.1) is 0 Å². The SMILES string of the molecule is Cc1cc(NC(=O)CN2CCN(c3cnn(C)c(=O)c3Br)CC2)no1. The molecule has 0 aromatic carbocycles. The fraction of sp³-hybridized carbons (Fsp3) is 0.467. The minimum absolute atomic E-state index is 0.127. The van der Waals surface area contributed by atoms with E-state index in [1.165, 1.54) is 4.68 Å². The Morgan fingerprint density at radius 2 is 2.08 bits per heavy atom. The largest absolute Gasteiger partial charge is 0.367 e. The molecule has 0 atom stereocenters. The Hall–Kier alpha value is -2.20. The van der Waals surface area contributed by atoms with E-state index in [0.717, 1.165) is 5.69 Å². The molecule has 0 bridgehead atoms. The molecule has 1 N–H and O–H groups in total. The molecule has 0 aliphatic carbocycles. The van der Waals surface area contributed by atoms with E-state index in [-0.39, 0.29) is 18.0 Å². The van der Waals surface area contributed by atoms with Crippen molar-refractivity contribution in [2.45, 2.75) is 6.92 Å². The summed E-state index contributed by atoms with van der Waals surface area (Å²) < 4.78 is 6.73. The second-order valence-corrected chi connectivity index (χ2v) is 6.70. The van der Waals surface area contributed by atoms with Crippen LogP contribution in [-0.2, 0) is 11.8 Å². The Balaban J connectivity index is 1.54. The zero-order chi connectivity index (χ0) is 18.0. The summed E-state index contributed by atoms with van der Waals surface area (Å²) in [5, 5.41) is 10.5. The highest BCUT2D eigenvalue weighted by Gasteiger charge is 2.22. The van der Waals surface area contributed by atoms with Crippen molar-refractivity contribution in [3.8, 4) is 0 Å². The molecule has 1 aliphatic rings. The van der Waals surface area contributed by atoms with Crippen molar-refractivity contribution in [3.63, 3.8) is 0 Å². The number of nitrogens with zero attached hydrogens (tertiary/aromatic N) is 5. The molecule has 1 amide bonds. The number of aromatic nitrogens is 3. The van der Waals surface area contributed by atoms with Crippen LogP contribution in [0.2, 0.25) is 0 Å². The Bertz CT molecular complexity index is 825. The fourth-order valence-electron chi connectivity index (χ4n) is 2.68. The van der Waals surface area contributed by atoms with Gasteiger partial charge in [0, 0.05) is 39.3 Å². The topological polar surface area (TPSA) is 96.5 Å². The molecule has 3 rings (SSSR count). The van der Waals surface area contributed by atoms with Crippen LogP contribution in [-0.4, -0.2) is 58.5 Å². The third-order valence-electron chi connectivity index (χ3n) is 4.04.